The molecule has 2 aliphatic carbocycles. The zero-order valence-electron chi connectivity index (χ0n) is 9.04. The molecule has 0 spiro atoms. The molecular formula is C12H21NO. The smallest absolute Gasteiger partial charge is 0.137 e. The molecule has 2 nitrogen and oxygen atoms in total. The van der Waals surface area contributed by atoms with Crippen molar-refractivity contribution in [3.05, 3.63) is 0 Å². The zero-order chi connectivity index (χ0) is 10.1. The molecule has 2 N–H and O–H groups in total. The van der Waals surface area contributed by atoms with E-state index in [1.165, 1.54) is 19.3 Å². The van der Waals surface area contributed by atoms with Gasteiger partial charge in [-0.15, -0.1) is 0 Å². The van der Waals surface area contributed by atoms with E-state index in [1.54, 1.807) is 0 Å². The highest BCUT2D eigenvalue weighted by atomic mass is 16.1. The van der Waals surface area contributed by atoms with Gasteiger partial charge in [-0.1, -0.05) is 13.3 Å². The number of Topliss-reactive ketones (excluding diaryl/α,β-unsaturated/α-hetero) is 1. The van der Waals surface area contributed by atoms with Crippen LogP contribution in [-0.2, 0) is 4.79 Å². The predicted octanol–water partition coefficient (Wildman–Crippen LogP) is 2.12. The predicted molar refractivity (Wildman–Crippen MR) is 56.8 cm³/mol. The van der Waals surface area contributed by atoms with Crippen molar-refractivity contribution in [2.75, 3.05) is 0 Å². The van der Waals surface area contributed by atoms with Crippen LogP contribution in [0.4, 0.5) is 0 Å². The topological polar surface area (TPSA) is 43.1 Å². The minimum Gasteiger partial charge on any atom is -0.327 e. The van der Waals surface area contributed by atoms with Crippen molar-refractivity contribution in [1.29, 1.82) is 0 Å². The molecule has 2 aliphatic rings. The van der Waals surface area contributed by atoms with Crippen LogP contribution in [0.5, 0.6) is 0 Å². The molecule has 2 heteroatoms. The van der Waals surface area contributed by atoms with Gasteiger partial charge in [0.25, 0.3) is 0 Å². The number of carbonyl (C=O) groups excluding carboxylic acids is 1. The van der Waals surface area contributed by atoms with Gasteiger partial charge in [0.2, 0.25) is 0 Å². The highest BCUT2D eigenvalue weighted by Gasteiger charge is 2.48. The summed E-state index contributed by atoms with van der Waals surface area (Å²) in [6.07, 6.45) is 6.66. The summed E-state index contributed by atoms with van der Waals surface area (Å²) >= 11 is 0. The molecule has 80 valence electrons. The molecule has 2 bridgehead atoms. The monoisotopic (exact) mass is 195 g/mol. The van der Waals surface area contributed by atoms with Gasteiger partial charge >= 0.3 is 0 Å². The molecule has 0 saturated heterocycles. The Bertz CT molecular complexity index is 224. The van der Waals surface area contributed by atoms with Crippen LogP contribution in [0.1, 0.15) is 45.4 Å². The first-order chi connectivity index (χ1) is 6.74. The number of carbonyl (C=O) groups is 1. The molecule has 2 saturated carbocycles. The number of fused-ring (bicyclic) bond motifs is 2. The van der Waals surface area contributed by atoms with Gasteiger partial charge in [0, 0.05) is 18.4 Å². The number of rotatable bonds is 4. The van der Waals surface area contributed by atoms with E-state index in [9.17, 15) is 4.79 Å². The van der Waals surface area contributed by atoms with Gasteiger partial charge in [-0.25, -0.2) is 0 Å². The average molecular weight is 195 g/mol. The Morgan fingerprint density at radius 3 is 2.64 bits per heavy atom. The van der Waals surface area contributed by atoms with Gasteiger partial charge in [0.15, 0.2) is 0 Å². The Kier molecular flexibility index (Phi) is 2.91. The van der Waals surface area contributed by atoms with Crippen LogP contribution in [0.2, 0.25) is 0 Å². The van der Waals surface area contributed by atoms with Gasteiger partial charge in [-0.2, -0.15) is 0 Å². The van der Waals surface area contributed by atoms with Crippen LogP contribution in [-0.4, -0.2) is 11.8 Å². The lowest BCUT2D eigenvalue weighted by Crippen LogP contribution is -2.40. The average Bonchev–Trinajstić information content (AvgIpc) is 2.74. The summed E-state index contributed by atoms with van der Waals surface area (Å²) in [5, 5.41) is 0. The van der Waals surface area contributed by atoms with Gasteiger partial charge in [0.05, 0.1) is 0 Å². The van der Waals surface area contributed by atoms with Crippen molar-refractivity contribution in [3.8, 4) is 0 Å². The molecular weight excluding hydrogens is 174 g/mol. The Hall–Kier alpha value is -0.370. The third kappa shape index (κ3) is 1.60. The zero-order valence-corrected chi connectivity index (χ0v) is 9.04. The standard InChI is InChI=1S/C12H21NO/c1-2-3-4-10(14)11-8-5-6-9(7-8)12(11)13/h8-9,11-12H,2-7,13H2,1H3. The van der Waals surface area contributed by atoms with Crippen LogP contribution in [0.15, 0.2) is 0 Å². The number of hydrogen-bond donors (Lipinski definition) is 1. The quantitative estimate of drug-likeness (QED) is 0.746. The summed E-state index contributed by atoms with van der Waals surface area (Å²) in [6.45, 7) is 2.13. The van der Waals surface area contributed by atoms with Crippen LogP contribution in [0.25, 0.3) is 0 Å². The van der Waals surface area contributed by atoms with Crippen LogP contribution in [0, 0.1) is 17.8 Å². The van der Waals surface area contributed by atoms with E-state index in [1.807, 2.05) is 0 Å². The van der Waals surface area contributed by atoms with Crippen LogP contribution >= 0.6 is 0 Å². The number of nitrogens with two attached hydrogens (primary N) is 1. The fraction of sp³-hybridized carbons (Fsp3) is 0.917. The van der Waals surface area contributed by atoms with E-state index in [-0.39, 0.29) is 12.0 Å². The van der Waals surface area contributed by atoms with E-state index in [0.29, 0.717) is 17.6 Å². The van der Waals surface area contributed by atoms with Gasteiger partial charge < -0.3 is 5.73 Å². The highest BCUT2D eigenvalue weighted by molar-refractivity contribution is 5.82. The summed E-state index contributed by atoms with van der Waals surface area (Å²) < 4.78 is 0. The summed E-state index contributed by atoms with van der Waals surface area (Å²) in [6, 6.07) is 0.193. The number of hydrogen-bond acceptors (Lipinski definition) is 2. The molecule has 0 amide bonds. The molecule has 2 fully saturated rings. The first kappa shape index (κ1) is 10.2. The van der Waals surface area contributed by atoms with Gasteiger partial charge in [-0.3, -0.25) is 4.79 Å². The molecule has 4 atom stereocenters. The first-order valence-corrected chi connectivity index (χ1v) is 6.02. The first-order valence-electron chi connectivity index (χ1n) is 6.02. The molecule has 4 unspecified atom stereocenters. The molecule has 0 heterocycles. The second kappa shape index (κ2) is 4.01. The molecule has 0 radical (unpaired) electrons. The summed E-state index contributed by atoms with van der Waals surface area (Å²) in [5.74, 6) is 1.97. The molecule has 14 heavy (non-hydrogen) atoms. The SMILES string of the molecule is CCCCC(=O)C1C2CCC(C2)C1N. The third-order valence-electron chi connectivity index (χ3n) is 4.13. The molecule has 0 aromatic heterocycles. The maximum atomic E-state index is 11.9. The van der Waals surface area contributed by atoms with Crippen molar-refractivity contribution in [3.63, 3.8) is 0 Å². The molecule has 2 rings (SSSR count). The lowest BCUT2D eigenvalue weighted by atomic mass is 9.81. The van der Waals surface area contributed by atoms with Crippen molar-refractivity contribution in [1.82, 2.24) is 0 Å². The second-order valence-electron chi connectivity index (χ2n) is 5.01. The second-order valence-corrected chi connectivity index (χ2v) is 5.01. The minimum absolute atomic E-state index is 0.193. The van der Waals surface area contributed by atoms with Crippen molar-refractivity contribution >= 4 is 5.78 Å². The lowest BCUT2D eigenvalue weighted by Gasteiger charge is -2.26. The van der Waals surface area contributed by atoms with E-state index in [2.05, 4.69) is 6.92 Å². The Balaban J connectivity index is 1.94. The molecule has 0 aromatic carbocycles. The van der Waals surface area contributed by atoms with E-state index >= 15 is 0 Å². The maximum Gasteiger partial charge on any atom is 0.137 e. The normalized spacial score (nSPS) is 40.4. The minimum atomic E-state index is 0.193. The van der Waals surface area contributed by atoms with Crippen LogP contribution in [0.3, 0.4) is 0 Å². The largest absolute Gasteiger partial charge is 0.327 e. The van der Waals surface area contributed by atoms with E-state index in [4.69, 9.17) is 5.73 Å². The fourth-order valence-electron chi connectivity index (χ4n) is 3.33. The Labute approximate surface area is 86.2 Å². The summed E-state index contributed by atoms with van der Waals surface area (Å²) in [7, 11) is 0. The Morgan fingerprint density at radius 1 is 1.36 bits per heavy atom. The van der Waals surface area contributed by atoms with Crippen LogP contribution < -0.4 is 5.73 Å². The lowest BCUT2D eigenvalue weighted by molar-refractivity contribution is -0.125. The Morgan fingerprint density at radius 2 is 2.07 bits per heavy atom. The van der Waals surface area contributed by atoms with Gasteiger partial charge in [0.1, 0.15) is 5.78 Å². The maximum absolute atomic E-state index is 11.9. The van der Waals surface area contributed by atoms with Crippen molar-refractivity contribution < 1.29 is 4.79 Å². The molecule has 0 aromatic rings. The summed E-state index contributed by atoms with van der Waals surface area (Å²) in [5.41, 5.74) is 6.12. The van der Waals surface area contributed by atoms with Crippen molar-refractivity contribution in [2.24, 2.45) is 23.5 Å². The number of unbranched alkanes of at least 4 members (excludes halogenated alkanes) is 1. The summed E-state index contributed by atoms with van der Waals surface area (Å²) in [4.78, 5) is 11.9. The molecule has 0 aliphatic heterocycles. The fourth-order valence-corrected chi connectivity index (χ4v) is 3.33. The van der Waals surface area contributed by atoms with Crippen molar-refractivity contribution in [2.45, 2.75) is 51.5 Å². The third-order valence-corrected chi connectivity index (χ3v) is 4.13. The van der Waals surface area contributed by atoms with E-state index in [0.717, 1.165) is 19.3 Å². The highest BCUT2D eigenvalue weighted by Crippen LogP contribution is 2.48. The van der Waals surface area contributed by atoms with Gasteiger partial charge in [-0.05, 0) is 37.5 Å². The number of ketones is 1. The van der Waals surface area contributed by atoms with E-state index < -0.39 is 0 Å².